The maximum atomic E-state index is 9.17. The van der Waals surface area contributed by atoms with Gasteiger partial charge in [0.25, 0.3) is 0 Å². The summed E-state index contributed by atoms with van der Waals surface area (Å²) in [5, 5.41) is 3.10. The van der Waals surface area contributed by atoms with E-state index in [1.54, 1.807) is 23.9 Å². The zero-order valence-electron chi connectivity index (χ0n) is 24.1. The van der Waals surface area contributed by atoms with E-state index in [1.807, 2.05) is 12.1 Å². The van der Waals surface area contributed by atoms with E-state index >= 15 is 0 Å². The summed E-state index contributed by atoms with van der Waals surface area (Å²) in [4.78, 5) is 6.36. The van der Waals surface area contributed by atoms with Gasteiger partial charge in [-0.1, -0.05) is 83.6 Å². The molecule has 158 valence electrons. The Labute approximate surface area is 197 Å². The Morgan fingerprint density at radius 3 is 2.48 bits per heavy atom. The van der Waals surface area contributed by atoms with Crippen LogP contribution in [0, 0.1) is 10.8 Å². The van der Waals surface area contributed by atoms with Gasteiger partial charge in [0.15, 0.2) is 0 Å². The summed E-state index contributed by atoms with van der Waals surface area (Å²) in [6.45, 7) is 12.9. The highest BCUT2D eigenvalue weighted by Crippen LogP contribution is 2.51. The first-order valence-electron chi connectivity index (χ1n) is 13.3. The number of hydrogen-bond donors (Lipinski definition) is 0. The molecule has 31 heavy (non-hydrogen) atoms. The lowest BCUT2D eigenvalue weighted by Gasteiger charge is -2.28. The summed E-state index contributed by atoms with van der Waals surface area (Å²) in [6, 6.07) is 8.46. The van der Waals surface area contributed by atoms with Crippen LogP contribution < -0.4 is 0 Å². The molecule has 4 aromatic rings. The topological polar surface area (TPSA) is 12.9 Å². The Morgan fingerprint density at radius 1 is 0.968 bits per heavy atom. The fraction of sp³-hybridized carbons (Fsp3) is 0.345. The van der Waals surface area contributed by atoms with E-state index in [4.69, 9.17) is 6.85 Å². The molecule has 0 fully saturated rings. The van der Waals surface area contributed by atoms with Crippen molar-refractivity contribution in [1.29, 1.82) is 0 Å². The summed E-state index contributed by atoms with van der Waals surface area (Å²) in [5.41, 5.74) is 3.32. The normalized spacial score (nSPS) is 15.9. The quantitative estimate of drug-likeness (QED) is 0.278. The molecule has 1 aliphatic heterocycles. The molecule has 0 saturated heterocycles. The van der Waals surface area contributed by atoms with E-state index in [1.165, 1.54) is 0 Å². The van der Waals surface area contributed by atoms with Crippen molar-refractivity contribution >= 4 is 33.3 Å². The lowest BCUT2D eigenvalue weighted by Crippen LogP contribution is -2.12. The Bertz CT molecular complexity index is 1580. The van der Waals surface area contributed by atoms with E-state index in [-0.39, 0.29) is 23.0 Å². The fourth-order valence-electron chi connectivity index (χ4n) is 4.45. The summed E-state index contributed by atoms with van der Waals surface area (Å²) in [5.74, 6) is 0. The first-order valence-corrected chi connectivity index (χ1v) is 11.6. The van der Waals surface area contributed by atoms with E-state index in [2.05, 4.69) is 46.5 Å². The second-order valence-corrected chi connectivity index (χ2v) is 12.0. The maximum absolute atomic E-state index is 9.17. The van der Waals surface area contributed by atoms with E-state index in [0.717, 1.165) is 49.1 Å². The molecule has 0 amide bonds. The van der Waals surface area contributed by atoms with Gasteiger partial charge in [-0.25, -0.2) is 0 Å². The van der Waals surface area contributed by atoms with Crippen molar-refractivity contribution in [3.8, 4) is 11.3 Å². The molecule has 0 unspecified atom stereocenters. The maximum Gasteiger partial charge on any atom is 0.0840 e. The lowest BCUT2D eigenvalue weighted by atomic mass is 9.84. The molecule has 3 aromatic carbocycles. The van der Waals surface area contributed by atoms with Crippen molar-refractivity contribution in [3.05, 3.63) is 65.7 Å². The summed E-state index contributed by atoms with van der Waals surface area (Å²) < 4.78 is 43.2. The molecule has 0 N–H and O–H groups in total. The van der Waals surface area contributed by atoms with Gasteiger partial charge in [0.1, 0.15) is 0 Å². The van der Waals surface area contributed by atoms with Crippen LogP contribution in [0.5, 0.6) is 0 Å². The number of nitrogens with zero attached hydrogens (tertiary/aromatic N) is 1. The highest BCUT2D eigenvalue weighted by Gasteiger charge is 2.27. The van der Waals surface area contributed by atoms with E-state index < -0.39 is 0 Å². The van der Waals surface area contributed by atoms with E-state index in [0.29, 0.717) is 35.6 Å². The predicted molar refractivity (Wildman–Crippen MR) is 135 cm³/mol. The van der Waals surface area contributed by atoms with Crippen molar-refractivity contribution < 1.29 is 6.85 Å². The monoisotopic (exact) mass is 430 g/mol. The van der Waals surface area contributed by atoms with Crippen LogP contribution in [0.25, 0.3) is 32.8 Å². The average molecular weight is 431 g/mol. The van der Waals surface area contributed by atoms with Crippen LogP contribution in [0.1, 0.15) is 59.5 Å². The molecular weight excluding hydrogens is 394 g/mol. The molecule has 2 heterocycles. The second-order valence-electron chi connectivity index (χ2n) is 11.0. The minimum Gasteiger partial charge on any atom is -0.256 e. The molecule has 0 spiro atoms. The van der Waals surface area contributed by atoms with Crippen LogP contribution >= 0.6 is 11.8 Å². The van der Waals surface area contributed by atoms with Gasteiger partial charge in [-0.2, -0.15) is 0 Å². The average Bonchev–Trinajstić information content (AvgIpc) is 2.72. The van der Waals surface area contributed by atoms with Crippen LogP contribution in [0.4, 0.5) is 0 Å². The Kier molecular flexibility index (Phi) is 3.54. The Morgan fingerprint density at radius 2 is 1.74 bits per heavy atom. The van der Waals surface area contributed by atoms with Crippen molar-refractivity contribution in [3.63, 3.8) is 0 Å². The first-order chi connectivity index (χ1) is 16.6. The third kappa shape index (κ3) is 3.87. The first kappa shape index (κ1) is 15.5. The van der Waals surface area contributed by atoms with Gasteiger partial charge in [-0.05, 0) is 69.1 Å². The molecule has 1 aliphatic rings. The minimum atomic E-state index is -0.0753. The SMILES string of the molecule is [2H]c1cc([2H])c2c(CC(C)(C)C)c3c(cc2c1)-c1nc([2H])c([2H])c2cc(CC(C)(C)C)c([2H])c(c12)S3. The molecule has 0 aliphatic carbocycles. The van der Waals surface area contributed by atoms with Gasteiger partial charge < -0.3 is 0 Å². The summed E-state index contributed by atoms with van der Waals surface area (Å²) in [7, 11) is 0. The molecule has 0 saturated carbocycles. The minimum absolute atomic E-state index is 0.0308. The third-order valence-electron chi connectivity index (χ3n) is 5.52. The molecule has 2 heteroatoms. The molecule has 0 atom stereocenters. The lowest BCUT2D eigenvalue weighted by molar-refractivity contribution is 0.410. The van der Waals surface area contributed by atoms with Crippen molar-refractivity contribution in [2.24, 2.45) is 10.8 Å². The number of fused-ring (bicyclic) bond motifs is 3. The van der Waals surface area contributed by atoms with Crippen molar-refractivity contribution in [2.45, 2.75) is 64.2 Å². The predicted octanol–water partition coefficient (Wildman–Crippen LogP) is 8.70. The summed E-state index contributed by atoms with van der Waals surface area (Å²) in [6.07, 6.45) is 1.34. The van der Waals surface area contributed by atoms with Gasteiger partial charge in [0.05, 0.1) is 12.5 Å². The Hall–Kier alpha value is -2.32. The molecule has 0 bridgehead atoms. The number of benzene rings is 3. The molecule has 5 rings (SSSR count). The Balaban J connectivity index is 1.94. The number of pyridine rings is 1. The van der Waals surface area contributed by atoms with Gasteiger partial charge in [0, 0.05) is 26.9 Å². The molecule has 1 aromatic heterocycles. The van der Waals surface area contributed by atoms with Crippen molar-refractivity contribution in [1.82, 2.24) is 4.98 Å². The summed E-state index contributed by atoms with van der Waals surface area (Å²) >= 11 is 1.55. The second kappa shape index (κ2) is 7.10. The number of hydrogen-bond acceptors (Lipinski definition) is 2. The van der Waals surface area contributed by atoms with Crippen molar-refractivity contribution in [2.75, 3.05) is 0 Å². The van der Waals surface area contributed by atoms with E-state index in [9.17, 15) is 0 Å². The van der Waals surface area contributed by atoms with Crippen LogP contribution in [-0.4, -0.2) is 4.98 Å². The third-order valence-corrected chi connectivity index (χ3v) is 6.70. The van der Waals surface area contributed by atoms with Crippen LogP contribution in [-0.2, 0) is 12.8 Å². The van der Waals surface area contributed by atoms with Gasteiger partial charge in [0.2, 0.25) is 0 Å². The van der Waals surface area contributed by atoms with Crippen LogP contribution in [0.3, 0.4) is 0 Å². The zero-order chi connectivity index (χ0) is 26.3. The largest absolute Gasteiger partial charge is 0.256 e. The zero-order valence-corrected chi connectivity index (χ0v) is 19.9. The van der Waals surface area contributed by atoms with Crippen LogP contribution in [0.15, 0.2) is 64.4 Å². The highest BCUT2D eigenvalue weighted by molar-refractivity contribution is 7.99. The molecule has 1 nitrogen and oxygen atoms in total. The number of aromatic nitrogens is 1. The van der Waals surface area contributed by atoms with Gasteiger partial charge in [-0.15, -0.1) is 0 Å². The molecular formula is C29H31NS. The van der Waals surface area contributed by atoms with Gasteiger partial charge >= 0.3 is 0 Å². The fourth-order valence-corrected chi connectivity index (χ4v) is 5.71. The molecule has 0 radical (unpaired) electrons. The number of rotatable bonds is 2. The van der Waals surface area contributed by atoms with Gasteiger partial charge in [-0.3, -0.25) is 4.98 Å². The smallest absolute Gasteiger partial charge is 0.0840 e. The highest BCUT2D eigenvalue weighted by atomic mass is 32.2. The van der Waals surface area contributed by atoms with Crippen LogP contribution in [0.2, 0.25) is 0 Å². The standard InChI is InChI=1S/C29H31NS/c1-28(2,3)16-18-13-20-11-12-30-26-22-15-19-9-7-8-10-21(19)23(17-29(4,5)6)27(22)31-24(14-18)25(20)26/h7-15H,16-17H2,1-6H3/i7D,10D,11D,12D,14D.